The first kappa shape index (κ1) is 6.55. The van der Waals surface area contributed by atoms with Crippen molar-refractivity contribution in [2.24, 2.45) is 0 Å². The van der Waals surface area contributed by atoms with Gasteiger partial charge in [0.2, 0.25) is 0 Å². The quantitative estimate of drug-likeness (QED) is 0.505. The Labute approximate surface area is 53.9 Å². The topological polar surface area (TPSA) is 35.5 Å². The van der Waals surface area contributed by atoms with E-state index in [4.69, 9.17) is 9.47 Å². The van der Waals surface area contributed by atoms with Crippen molar-refractivity contribution in [1.29, 1.82) is 0 Å². The molecule has 0 unspecified atom stereocenters. The highest BCUT2D eigenvalue weighted by Gasteiger charge is 2.33. The highest BCUT2D eigenvalue weighted by Crippen LogP contribution is 2.17. The summed E-state index contributed by atoms with van der Waals surface area (Å²) in [6, 6.07) is 0. The maximum atomic E-state index is 10.3. The molecular weight excluding hydrogens is 120 g/mol. The van der Waals surface area contributed by atoms with Crippen molar-refractivity contribution in [3.63, 3.8) is 0 Å². The fourth-order valence-corrected chi connectivity index (χ4v) is 0.737. The summed E-state index contributed by atoms with van der Waals surface area (Å²) in [4.78, 5) is 10.3. The normalized spacial score (nSPS) is 28.7. The molecule has 1 heterocycles. The lowest BCUT2D eigenvalue weighted by Crippen LogP contribution is -2.41. The molecule has 0 spiro atoms. The van der Waals surface area contributed by atoms with Crippen LogP contribution in [0.5, 0.6) is 0 Å². The molecule has 3 nitrogen and oxygen atoms in total. The molecule has 3 heteroatoms. The van der Waals surface area contributed by atoms with Crippen LogP contribution in [0.1, 0.15) is 13.3 Å². The summed E-state index contributed by atoms with van der Waals surface area (Å²) < 4.78 is 9.65. The average Bonchev–Trinajstić information content (AvgIpc) is 1.79. The Morgan fingerprint density at radius 3 is 2.78 bits per heavy atom. The molecule has 1 aliphatic heterocycles. The second-order valence-electron chi connectivity index (χ2n) is 2.17. The van der Waals surface area contributed by atoms with E-state index in [0.717, 1.165) is 0 Å². The Balaban J connectivity index is 2.23. The zero-order valence-electron chi connectivity index (χ0n) is 5.59. The van der Waals surface area contributed by atoms with Crippen molar-refractivity contribution in [3.8, 4) is 0 Å². The van der Waals surface area contributed by atoms with Gasteiger partial charge in [0, 0.05) is 7.11 Å². The SMILES string of the molecule is CO[C@@H](C)[C@H]1CC(=O)O1. The second-order valence-corrected chi connectivity index (χ2v) is 2.17. The molecule has 0 aromatic carbocycles. The van der Waals surface area contributed by atoms with Crippen LogP contribution < -0.4 is 0 Å². The van der Waals surface area contributed by atoms with Gasteiger partial charge in [0.05, 0.1) is 12.5 Å². The first-order valence-corrected chi connectivity index (χ1v) is 2.96. The minimum atomic E-state index is -0.121. The van der Waals surface area contributed by atoms with Gasteiger partial charge in [-0.25, -0.2) is 0 Å². The predicted molar refractivity (Wildman–Crippen MR) is 31.0 cm³/mol. The van der Waals surface area contributed by atoms with E-state index in [9.17, 15) is 4.79 Å². The number of rotatable bonds is 2. The third kappa shape index (κ3) is 1.21. The zero-order valence-corrected chi connectivity index (χ0v) is 5.59. The molecular formula is C6H10O3. The van der Waals surface area contributed by atoms with Gasteiger partial charge in [-0.05, 0) is 6.92 Å². The van der Waals surface area contributed by atoms with Gasteiger partial charge in [0.1, 0.15) is 6.10 Å². The molecule has 9 heavy (non-hydrogen) atoms. The first-order chi connectivity index (χ1) is 4.24. The smallest absolute Gasteiger partial charge is 0.310 e. The number of esters is 1. The summed E-state index contributed by atoms with van der Waals surface area (Å²) >= 11 is 0. The van der Waals surface area contributed by atoms with E-state index in [2.05, 4.69) is 0 Å². The summed E-state index contributed by atoms with van der Waals surface area (Å²) in [5.74, 6) is -0.121. The van der Waals surface area contributed by atoms with E-state index in [0.29, 0.717) is 6.42 Å². The van der Waals surface area contributed by atoms with E-state index < -0.39 is 0 Å². The van der Waals surface area contributed by atoms with Crippen molar-refractivity contribution in [2.75, 3.05) is 7.11 Å². The summed E-state index contributed by atoms with van der Waals surface area (Å²) in [6.45, 7) is 1.89. The van der Waals surface area contributed by atoms with E-state index in [-0.39, 0.29) is 18.2 Å². The van der Waals surface area contributed by atoms with Crippen molar-refractivity contribution in [2.45, 2.75) is 25.6 Å². The van der Waals surface area contributed by atoms with Gasteiger partial charge in [0.15, 0.2) is 0 Å². The number of ether oxygens (including phenoxy) is 2. The number of hydrogen-bond donors (Lipinski definition) is 0. The minimum Gasteiger partial charge on any atom is -0.459 e. The van der Waals surface area contributed by atoms with Gasteiger partial charge in [-0.15, -0.1) is 0 Å². The van der Waals surface area contributed by atoms with Crippen LogP contribution in [0.2, 0.25) is 0 Å². The summed E-state index contributed by atoms with van der Waals surface area (Å²) in [5, 5.41) is 0. The highest BCUT2D eigenvalue weighted by molar-refractivity contribution is 5.75. The van der Waals surface area contributed by atoms with Crippen LogP contribution in [0, 0.1) is 0 Å². The van der Waals surface area contributed by atoms with E-state index in [1.54, 1.807) is 7.11 Å². The molecule has 1 aliphatic rings. The number of methoxy groups -OCH3 is 1. The third-order valence-corrected chi connectivity index (χ3v) is 1.55. The van der Waals surface area contributed by atoms with Gasteiger partial charge in [-0.2, -0.15) is 0 Å². The van der Waals surface area contributed by atoms with E-state index >= 15 is 0 Å². The molecule has 0 saturated carbocycles. The molecule has 0 aromatic heterocycles. The molecule has 2 atom stereocenters. The number of hydrogen-bond acceptors (Lipinski definition) is 3. The highest BCUT2D eigenvalue weighted by atomic mass is 16.6. The zero-order chi connectivity index (χ0) is 6.85. The number of cyclic esters (lactones) is 1. The largest absolute Gasteiger partial charge is 0.459 e. The Morgan fingerprint density at radius 1 is 1.89 bits per heavy atom. The monoisotopic (exact) mass is 130 g/mol. The lowest BCUT2D eigenvalue weighted by molar-refractivity contribution is -0.181. The number of carbonyl (C=O) groups is 1. The van der Waals surface area contributed by atoms with Crippen LogP contribution >= 0.6 is 0 Å². The Morgan fingerprint density at radius 2 is 2.44 bits per heavy atom. The summed E-state index contributed by atoms with van der Waals surface area (Å²) in [5.41, 5.74) is 0. The van der Waals surface area contributed by atoms with Gasteiger partial charge < -0.3 is 9.47 Å². The van der Waals surface area contributed by atoms with Crippen LogP contribution in [0.15, 0.2) is 0 Å². The van der Waals surface area contributed by atoms with Gasteiger partial charge in [-0.3, -0.25) is 4.79 Å². The van der Waals surface area contributed by atoms with Crippen LogP contribution in [0.25, 0.3) is 0 Å². The van der Waals surface area contributed by atoms with Crippen LogP contribution in [-0.4, -0.2) is 25.3 Å². The number of carbonyl (C=O) groups excluding carboxylic acids is 1. The fourth-order valence-electron chi connectivity index (χ4n) is 0.737. The van der Waals surface area contributed by atoms with E-state index in [1.165, 1.54) is 0 Å². The minimum absolute atomic E-state index is 0.00231. The lowest BCUT2D eigenvalue weighted by atomic mass is 10.1. The van der Waals surface area contributed by atoms with Crippen molar-refractivity contribution in [3.05, 3.63) is 0 Å². The van der Waals surface area contributed by atoms with Crippen molar-refractivity contribution in [1.82, 2.24) is 0 Å². The maximum absolute atomic E-state index is 10.3. The standard InChI is InChI=1S/C6H10O3/c1-4(8-2)5-3-6(7)9-5/h4-5H,3H2,1-2H3/t4-,5+/m0/s1. The van der Waals surface area contributed by atoms with Crippen LogP contribution in [0.3, 0.4) is 0 Å². The summed E-state index contributed by atoms with van der Waals surface area (Å²) in [7, 11) is 1.61. The molecule has 1 fully saturated rings. The van der Waals surface area contributed by atoms with Gasteiger partial charge in [0.25, 0.3) is 0 Å². The molecule has 0 radical (unpaired) electrons. The van der Waals surface area contributed by atoms with Crippen molar-refractivity contribution >= 4 is 5.97 Å². The first-order valence-electron chi connectivity index (χ1n) is 2.96. The molecule has 0 aromatic rings. The van der Waals surface area contributed by atoms with E-state index in [1.807, 2.05) is 6.92 Å². The second kappa shape index (κ2) is 2.35. The molecule has 1 rings (SSSR count). The lowest BCUT2D eigenvalue weighted by Gasteiger charge is -2.29. The third-order valence-electron chi connectivity index (χ3n) is 1.55. The molecule has 1 saturated heterocycles. The Hall–Kier alpha value is -0.570. The summed E-state index contributed by atoms with van der Waals surface area (Å²) in [6.07, 6.45) is 0.555. The fraction of sp³-hybridized carbons (Fsp3) is 0.833. The average molecular weight is 130 g/mol. The molecule has 52 valence electrons. The van der Waals surface area contributed by atoms with Crippen LogP contribution in [-0.2, 0) is 14.3 Å². The Kier molecular flexibility index (Phi) is 1.71. The molecule has 0 aliphatic carbocycles. The van der Waals surface area contributed by atoms with Gasteiger partial charge >= 0.3 is 5.97 Å². The molecule has 0 bridgehead atoms. The van der Waals surface area contributed by atoms with Gasteiger partial charge in [-0.1, -0.05) is 0 Å². The van der Waals surface area contributed by atoms with Crippen LogP contribution in [0.4, 0.5) is 0 Å². The molecule has 0 amide bonds. The van der Waals surface area contributed by atoms with Crippen molar-refractivity contribution < 1.29 is 14.3 Å². The predicted octanol–water partition coefficient (Wildman–Crippen LogP) is 0.337. The Bertz CT molecular complexity index is 113. The maximum Gasteiger partial charge on any atom is 0.310 e. The molecule has 0 N–H and O–H groups in total.